The Bertz CT molecular complexity index is 648. The predicted octanol–water partition coefficient (Wildman–Crippen LogP) is 8.33. The highest BCUT2D eigenvalue weighted by Crippen LogP contribution is 2.10. The van der Waals surface area contributed by atoms with Crippen LogP contribution in [0.2, 0.25) is 0 Å². The number of ether oxygens (including phenoxy) is 2. The highest BCUT2D eigenvalue weighted by atomic mass is 16.6. The summed E-state index contributed by atoms with van der Waals surface area (Å²) in [7, 11) is 0. The quantitative estimate of drug-likeness (QED) is 0.0747. The molecule has 5 heteroatoms. The molecule has 5 nitrogen and oxygen atoms in total. The van der Waals surface area contributed by atoms with Crippen molar-refractivity contribution in [3.63, 3.8) is 0 Å². The second-order valence-corrected chi connectivity index (χ2v) is 9.44. The van der Waals surface area contributed by atoms with E-state index in [1.165, 1.54) is 19.3 Å². The molecule has 0 fully saturated rings. The van der Waals surface area contributed by atoms with Crippen molar-refractivity contribution in [2.45, 2.75) is 129 Å². The van der Waals surface area contributed by atoms with E-state index in [0.717, 1.165) is 77.0 Å². The second kappa shape index (κ2) is 28.4. The SMILES string of the molecule is CC/C=C\C/C=C\C/C=C\CCCCCC(=O)OC(CO)COC(=O)CCCCCCC/C=C\CCC. The molecule has 0 amide bonds. The number of allylic oxidation sites excluding steroid dienone is 8. The summed E-state index contributed by atoms with van der Waals surface area (Å²) in [5.41, 5.74) is 0. The Morgan fingerprint density at radius 2 is 1.16 bits per heavy atom. The summed E-state index contributed by atoms with van der Waals surface area (Å²) >= 11 is 0. The molecule has 0 aliphatic rings. The average Bonchev–Trinajstić information content (AvgIpc) is 2.90. The van der Waals surface area contributed by atoms with Gasteiger partial charge in [0.25, 0.3) is 0 Å². The van der Waals surface area contributed by atoms with Crippen LogP contribution in [0, 0.1) is 0 Å². The standard InChI is InChI=1S/C32H54O5/c1-3-5-7-9-11-13-15-16-17-19-21-23-25-27-32(35)37-30(28-33)29-36-31(34)26-24-22-20-18-14-12-10-8-6-4-2/h5,7-8,10-11,13,16-17,30,33H,3-4,6,9,12,14-15,18-29H2,1-2H3/b7-5-,10-8-,13-11-,17-16-. The van der Waals surface area contributed by atoms with Gasteiger partial charge in [-0.25, -0.2) is 0 Å². The molecule has 1 atom stereocenters. The van der Waals surface area contributed by atoms with Crippen LogP contribution in [0.5, 0.6) is 0 Å². The van der Waals surface area contributed by atoms with Gasteiger partial charge in [-0.2, -0.15) is 0 Å². The lowest BCUT2D eigenvalue weighted by Gasteiger charge is -2.15. The number of rotatable bonds is 25. The van der Waals surface area contributed by atoms with Gasteiger partial charge >= 0.3 is 11.9 Å². The van der Waals surface area contributed by atoms with Crippen LogP contribution in [0.15, 0.2) is 48.6 Å². The Kier molecular flexibility index (Phi) is 26.8. The third kappa shape index (κ3) is 26.7. The third-order valence-corrected chi connectivity index (χ3v) is 5.84. The maximum absolute atomic E-state index is 12.0. The van der Waals surface area contributed by atoms with Crippen molar-refractivity contribution < 1.29 is 24.2 Å². The van der Waals surface area contributed by atoms with Crippen molar-refractivity contribution in [2.75, 3.05) is 13.2 Å². The molecule has 0 aromatic rings. The lowest BCUT2D eigenvalue weighted by molar-refractivity contribution is -0.161. The molecule has 0 bridgehead atoms. The molecule has 1 unspecified atom stereocenters. The van der Waals surface area contributed by atoms with Crippen LogP contribution >= 0.6 is 0 Å². The van der Waals surface area contributed by atoms with Crippen LogP contribution in [-0.2, 0) is 19.1 Å². The number of hydrogen-bond acceptors (Lipinski definition) is 5. The summed E-state index contributed by atoms with van der Waals surface area (Å²) in [5, 5.41) is 9.45. The van der Waals surface area contributed by atoms with Gasteiger partial charge in [0.1, 0.15) is 6.61 Å². The molecule has 0 aliphatic carbocycles. The van der Waals surface area contributed by atoms with Crippen molar-refractivity contribution in [2.24, 2.45) is 0 Å². The fraction of sp³-hybridized carbons (Fsp3) is 0.688. The zero-order valence-corrected chi connectivity index (χ0v) is 23.7. The molecule has 0 saturated heterocycles. The van der Waals surface area contributed by atoms with Gasteiger partial charge in [0, 0.05) is 12.8 Å². The molecule has 0 aliphatic heterocycles. The van der Waals surface area contributed by atoms with E-state index in [2.05, 4.69) is 62.5 Å². The van der Waals surface area contributed by atoms with Gasteiger partial charge in [0.05, 0.1) is 6.61 Å². The normalized spacial score (nSPS) is 12.8. The first-order valence-electron chi connectivity index (χ1n) is 14.7. The van der Waals surface area contributed by atoms with Crippen LogP contribution in [0.3, 0.4) is 0 Å². The Hall–Kier alpha value is -2.14. The summed E-state index contributed by atoms with van der Waals surface area (Å²) in [6, 6.07) is 0. The molecule has 0 radical (unpaired) electrons. The van der Waals surface area contributed by atoms with E-state index in [4.69, 9.17) is 9.47 Å². The maximum atomic E-state index is 12.0. The number of aliphatic hydroxyl groups excluding tert-OH is 1. The van der Waals surface area contributed by atoms with E-state index in [9.17, 15) is 14.7 Å². The minimum absolute atomic E-state index is 0.0840. The Balaban J connectivity index is 3.70. The Morgan fingerprint density at radius 1 is 0.649 bits per heavy atom. The second-order valence-electron chi connectivity index (χ2n) is 9.44. The van der Waals surface area contributed by atoms with Crippen molar-refractivity contribution in [3.8, 4) is 0 Å². The summed E-state index contributed by atoms with van der Waals surface area (Å²) in [6.45, 7) is 3.89. The zero-order valence-electron chi connectivity index (χ0n) is 23.7. The molecule has 212 valence electrons. The molecule has 0 aromatic carbocycles. The van der Waals surface area contributed by atoms with Gasteiger partial charge in [-0.3, -0.25) is 9.59 Å². The van der Waals surface area contributed by atoms with Gasteiger partial charge in [-0.05, 0) is 64.2 Å². The minimum Gasteiger partial charge on any atom is -0.462 e. The lowest BCUT2D eigenvalue weighted by atomic mass is 10.1. The van der Waals surface area contributed by atoms with Gasteiger partial charge < -0.3 is 14.6 Å². The summed E-state index contributed by atoms with van der Waals surface area (Å²) in [6.07, 6.45) is 33.1. The van der Waals surface area contributed by atoms with E-state index in [1.54, 1.807) is 0 Å². The van der Waals surface area contributed by atoms with Crippen molar-refractivity contribution in [3.05, 3.63) is 48.6 Å². The van der Waals surface area contributed by atoms with E-state index in [0.29, 0.717) is 12.8 Å². The van der Waals surface area contributed by atoms with E-state index >= 15 is 0 Å². The first-order chi connectivity index (χ1) is 18.1. The molecule has 0 heterocycles. The monoisotopic (exact) mass is 518 g/mol. The molecule has 1 N–H and O–H groups in total. The fourth-order valence-corrected chi connectivity index (χ4v) is 3.63. The Labute approximate surface area is 227 Å². The molecular formula is C32H54O5. The van der Waals surface area contributed by atoms with E-state index in [-0.39, 0.29) is 25.2 Å². The molecule has 0 saturated carbocycles. The summed E-state index contributed by atoms with van der Waals surface area (Å²) in [5.74, 6) is -0.647. The van der Waals surface area contributed by atoms with Gasteiger partial charge in [-0.1, -0.05) is 94.6 Å². The number of carbonyl (C=O) groups is 2. The van der Waals surface area contributed by atoms with Crippen molar-refractivity contribution >= 4 is 11.9 Å². The smallest absolute Gasteiger partial charge is 0.306 e. The number of hydrogen-bond donors (Lipinski definition) is 1. The average molecular weight is 519 g/mol. The first kappa shape index (κ1) is 34.9. The highest BCUT2D eigenvalue weighted by Gasteiger charge is 2.16. The first-order valence-corrected chi connectivity index (χ1v) is 14.7. The molecule has 0 spiro atoms. The maximum Gasteiger partial charge on any atom is 0.306 e. The largest absolute Gasteiger partial charge is 0.462 e. The van der Waals surface area contributed by atoms with Crippen LogP contribution in [0.4, 0.5) is 0 Å². The number of esters is 2. The summed E-state index contributed by atoms with van der Waals surface area (Å²) in [4.78, 5) is 24.0. The third-order valence-electron chi connectivity index (χ3n) is 5.84. The van der Waals surface area contributed by atoms with Crippen molar-refractivity contribution in [1.82, 2.24) is 0 Å². The Morgan fingerprint density at radius 3 is 1.81 bits per heavy atom. The van der Waals surface area contributed by atoms with Crippen LogP contribution in [0.25, 0.3) is 0 Å². The summed E-state index contributed by atoms with van der Waals surface area (Å²) < 4.78 is 10.5. The van der Waals surface area contributed by atoms with Gasteiger partial charge in [0.2, 0.25) is 0 Å². The van der Waals surface area contributed by atoms with E-state index in [1.807, 2.05) is 0 Å². The minimum atomic E-state index is -0.786. The molecule has 0 aromatic heterocycles. The molecular weight excluding hydrogens is 464 g/mol. The topological polar surface area (TPSA) is 72.8 Å². The van der Waals surface area contributed by atoms with Crippen LogP contribution in [-0.4, -0.2) is 36.4 Å². The fourth-order valence-electron chi connectivity index (χ4n) is 3.63. The van der Waals surface area contributed by atoms with Crippen LogP contribution < -0.4 is 0 Å². The zero-order chi connectivity index (χ0) is 27.2. The van der Waals surface area contributed by atoms with Gasteiger partial charge in [-0.15, -0.1) is 0 Å². The molecule has 37 heavy (non-hydrogen) atoms. The highest BCUT2D eigenvalue weighted by molar-refractivity contribution is 5.70. The van der Waals surface area contributed by atoms with Gasteiger partial charge in [0.15, 0.2) is 6.10 Å². The molecule has 0 rings (SSSR count). The lowest BCUT2D eigenvalue weighted by Crippen LogP contribution is -2.28. The predicted molar refractivity (Wildman–Crippen MR) is 154 cm³/mol. The van der Waals surface area contributed by atoms with E-state index < -0.39 is 6.10 Å². The number of aliphatic hydroxyl groups is 1. The number of unbranched alkanes of at least 4 members (excludes halogenated alkanes) is 9. The van der Waals surface area contributed by atoms with Crippen molar-refractivity contribution in [1.29, 1.82) is 0 Å². The number of carbonyl (C=O) groups excluding carboxylic acids is 2. The van der Waals surface area contributed by atoms with Crippen LogP contribution in [0.1, 0.15) is 123 Å².